The second-order valence-electron chi connectivity index (χ2n) is 15.3. The minimum Gasteiger partial charge on any atom is -0.311 e. The van der Waals surface area contributed by atoms with Crippen LogP contribution in [0.1, 0.15) is 25.0 Å². The molecule has 0 radical (unpaired) electrons. The summed E-state index contributed by atoms with van der Waals surface area (Å²) in [6.45, 7) is 4.72. The third-order valence-electron chi connectivity index (χ3n) is 12.1. The van der Waals surface area contributed by atoms with E-state index in [-0.39, 0.29) is 5.41 Å². The van der Waals surface area contributed by atoms with Gasteiger partial charge in [0, 0.05) is 38.0 Å². The second-order valence-corrected chi connectivity index (χ2v) is 20.0. The van der Waals surface area contributed by atoms with Crippen LogP contribution < -0.4 is 30.5 Å². The molecule has 3 aliphatic heterocycles. The van der Waals surface area contributed by atoms with E-state index < -0.39 is 8.07 Å². The van der Waals surface area contributed by atoms with E-state index in [1.165, 1.54) is 75.5 Å². The summed E-state index contributed by atoms with van der Waals surface area (Å²) in [4.78, 5) is 7.65. The molecule has 0 atom stereocenters. The van der Waals surface area contributed by atoms with Crippen molar-refractivity contribution in [3.8, 4) is 11.1 Å². The zero-order valence-corrected chi connectivity index (χ0v) is 32.6. The number of rotatable bonds is 4. The summed E-state index contributed by atoms with van der Waals surface area (Å²) in [5.41, 5.74) is 12.4. The van der Waals surface area contributed by atoms with Gasteiger partial charge in [-0.25, -0.2) is 0 Å². The number of anilines is 6. The van der Waals surface area contributed by atoms with Gasteiger partial charge < -0.3 is 9.80 Å². The van der Waals surface area contributed by atoms with Crippen molar-refractivity contribution in [1.82, 2.24) is 0 Å². The molecule has 0 aliphatic carbocycles. The lowest BCUT2D eigenvalue weighted by Crippen LogP contribution is -2.74. The van der Waals surface area contributed by atoms with Crippen LogP contribution in [0.3, 0.4) is 0 Å². The standard InChI is InChI=1S/C51H38N2SSi/c1-51(2)41-21-9-11-23-43(41)53(44-24-12-10-22-42(44)51)37-30-32-47-40(33-37)39-31-29-38(52(35-17-5-3-6-18-35)36-19-7-4-8-20-36)34-50(39)55(47)48-27-15-13-25-45(48)54-46-26-14-16-28-49(46)55/h3-34H,1-2H3. The van der Waals surface area contributed by atoms with Crippen LogP contribution in [0.2, 0.25) is 0 Å². The predicted octanol–water partition coefficient (Wildman–Crippen LogP) is 11.1. The van der Waals surface area contributed by atoms with Gasteiger partial charge >= 0.3 is 0 Å². The molecule has 4 heteroatoms. The highest BCUT2D eigenvalue weighted by molar-refractivity contribution is 8.00. The maximum atomic E-state index is 2.54. The number of nitrogens with zero attached hydrogens (tertiary/aromatic N) is 2. The third kappa shape index (κ3) is 4.62. The Morgan fingerprint density at radius 1 is 0.436 bits per heavy atom. The molecule has 11 rings (SSSR count). The fourth-order valence-electron chi connectivity index (χ4n) is 9.71. The first-order valence-corrected chi connectivity index (χ1v) is 21.9. The Morgan fingerprint density at radius 2 is 0.964 bits per heavy atom. The zero-order valence-electron chi connectivity index (χ0n) is 30.8. The summed E-state index contributed by atoms with van der Waals surface area (Å²) in [6.07, 6.45) is 0. The van der Waals surface area contributed by atoms with E-state index in [0.29, 0.717) is 0 Å². The Balaban J connectivity index is 1.20. The van der Waals surface area contributed by atoms with E-state index in [1.54, 1.807) is 0 Å². The maximum Gasteiger partial charge on any atom is 0.183 e. The number of para-hydroxylation sites is 4. The van der Waals surface area contributed by atoms with Gasteiger partial charge in [-0.1, -0.05) is 147 Å². The molecular formula is C51H38N2SSi. The monoisotopic (exact) mass is 738 g/mol. The van der Waals surface area contributed by atoms with Crippen molar-refractivity contribution in [1.29, 1.82) is 0 Å². The van der Waals surface area contributed by atoms with E-state index in [9.17, 15) is 0 Å². The van der Waals surface area contributed by atoms with Crippen molar-refractivity contribution >= 4 is 74.7 Å². The van der Waals surface area contributed by atoms with Crippen LogP contribution in [-0.4, -0.2) is 8.07 Å². The fraction of sp³-hybridized carbons (Fsp3) is 0.0588. The zero-order chi connectivity index (χ0) is 36.7. The minimum atomic E-state index is -2.79. The number of hydrogen-bond acceptors (Lipinski definition) is 3. The fourth-order valence-corrected chi connectivity index (χ4v) is 17.1. The van der Waals surface area contributed by atoms with Crippen LogP contribution in [-0.2, 0) is 5.41 Å². The molecule has 2 nitrogen and oxygen atoms in total. The highest BCUT2D eigenvalue weighted by Gasteiger charge is 2.53. The Bertz CT molecular complexity index is 2660. The molecule has 0 bridgehead atoms. The topological polar surface area (TPSA) is 6.48 Å². The molecule has 8 aromatic rings. The smallest absolute Gasteiger partial charge is 0.183 e. The van der Waals surface area contributed by atoms with E-state index in [4.69, 9.17) is 0 Å². The number of fused-ring (bicyclic) bond motifs is 11. The molecule has 3 heterocycles. The molecule has 0 amide bonds. The quantitative estimate of drug-likeness (QED) is 0.166. The molecule has 8 aromatic carbocycles. The average molecular weight is 739 g/mol. The van der Waals surface area contributed by atoms with Crippen LogP contribution in [0.4, 0.5) is 34.1 Å². The molecule has 0 N–H and O–H groups in total. The lowest BCUT2D eigenvalue weighted by Gasteiger charge is -2.42. The Labute approximate surface area is 328 Å². The molecule has 3 aliphatic rings. The third-order valence-corrected chi connectivity index (χ3v) is 18.6. The van der Waals surface area contributed by atoms with E-state index >= 15 is 0 Å². The van der Waals surface area contributed by atoms with E-state index in [2.05, 4.69) is 218 Å². The molecule has 0 saturated carbocycles. The predicted molar refractivity (Wildman–Crippen MR) is 235 cm³/mol. The highest BCUT2D eigenvalue weighted by Crippen LogP contribution is 2.52. The number of hydrogen-bond donors (Lipinski definition) is 0. The first kappa shape index (κ1) is 32.4. The normalized spacial score (nSPS) is 14.9. The second kappa shape index (κ2) is 12.2. The minimum absolute atomic E-state index is 0.114. The van der Waals surface area contributed by atoms with Crippen LogP contribution in [0.25, 0.3) is 11.1 Å². The molecule has 55 heavy (non-hydrogen) atoms. The lowest BCUT2D eigenvalue weighted by atomic mass is 9.73. The molecule has 0 saturated heterocycles. The largest absolute Gasteiger partial charge is 0.311 e. The van der Waals surface area contributed by atoms with Gasteiger partial charge in [0.25, 0.3) is 0 Å². The molecule has 1 spiro atoms. The van der Waals surface area contributed by atoms with Crippen molar-refractivity contribution in [2.75, 3.05) is 9.80 Å². The summed E-state index contributed by atoms with van der Waals surface area (Å²) >= 11 is 1.92. The number of benzene rings is 8. The van der Waals surface area contributed by atoms with E-state index in [0.717, 1.165) is 11.4 Å². The van der Waals surface area contributed by atoms with Gasteiger partial charge in [0.1, 0.15) is 0 Å². The van der Waals surface area contributed by atoms with Crippen LogP contribution in [0, 0.1) is 0 Å². The average Bonchev–Trinajstić information content (AvgIpc) is 3.51. The summed E-state index contributed by atoms with van der Waals surface area (Å²) in [7, 11) is -2.79. The Hall–Kier alpha value is -6.07. The van der Waals surface area contributed by atoms with Crippen LogP contribution in [0.5, 0.6) is 0 Å². The summed E-state index contributed by atoms with van der Waals surface area (Å²) in [5.74, 6) is 0. The van der Waals surface area contributed by atoms with Crippen LogP contribution >= 0.6 is 11.8 Å². The molecule has 0 unspecified atom stereocenters. The Kier molecular flexibility index (Phi) is 7.19. The van der Waals surface area contributed by atoms with Crippen molar-refractivity contribution in [2.45, 2.75) is 29.1 Å². The first-order chi connectivity index (χ1) is 27.0. The van der Waals surface area contributed by atoms with Gasteiger partial charge in [0.2, 0.25) is 0 Å². The first-order valence-electron chi connectivity index (χ1n) is 19.1. The van der Waals surface area contributed by atoms with E-state index in [1.807, 2.05) is 11.8 Å². The van der Waals surface area contributed by atoms with Gasteiger partial charge in [-0.3, -0.25) is 0 Å². The summed E-state index contributed by atoms with van der Waals surface area (Å²) in [5, 5.41) is 5.87. The molecular weight excluding hydrogens is 701 g/mol. The van der Waals surface area contributed by atoms with Crippen molar-refractivity contribution < 1.29 is 0 Å². The highest BCUT2D eigenvalue weighted by atomic mass is 32.2. The molecule has 262 valence electrons. The SMILES string of the molecule is CC1(C)c2ccccc2N(c2ccc3c(c2)-c2ccc(N(c4ccccc4)c4ccccc4)cc2[Si]32c3ccccc3Sc3ccccc32)c2ccccc21. The van der Waals surface area contributed by atoms with Crippen molar-refractivity contribution in [3.63, 3.8) is 0 Å². The van der Waals surface area contributed by atoms with Gasteiger partial charge in [0.15, 0.2) is 8.07 Å². The van der Waals surface area contributed by atoms with Gasteiger partial charge in [-0.15, -0.1) is 0 Å². The molecule has 0 fully saturated rings. The van der Waals surface area contributed by atoms with Crippen molar-refractivity contribution in [3.05, 3.63) is 205 Å². The molecule has 0 aromatic heterocycles. The van der Waals surface area contributed by atoms with Gasteiger partial charge in [-0.05, 0) is 116 Å². The summed E-state index contributed by atoms with van der Waals surface area (Å²) in [6, 6.07) is 72.7. The lowest BCUT2D eigenvalue weighted by molar-refractivity contribution is 0.632. The van der Waals surface area contributed by atoms with Crippen molar-refractivity contribution in [2.24, 2.45) is 0 Å². The summed E-state index contributed by atoms with van der Waals surface area (Å²) < 4.78 is 0. The van der Waals surface area contributed by atoms with Gasteiger partial charge in [0.05, 0.1) is 11.4 Å². The van der Waals surface area contributed by atoms with Gasteiger partial charge in [-0.2, -0.15) is 0 Å². The maximum absolute atomic E-state index is 2.79. The van der Waals surface area contributed by atoms with Crippen LogP contribution in [0.15, 0.2) is 204 Å². The Morgan fingerprint density at radius 3 is 1.56 bits per heavy atom.